The molecule has 0 radical (unpaired) electrons. The Hall–Kier alpha value is -1.97. The van der Waals surface area contributed by atoms with E-state index in [0.717, 1.165) is 12.8 Å². The summed E-state index contributed by atoms with van der Waals surface area (Å²) in [5.74, 6) is 0. The molecule has 1 aliphatic carbocycles. The van der Waals surface area contributed by atoms with E-state index in [2.05, 4.69) is 23.0 Å². The molecule has 2 heterocycles. The first-order chi connectivity index (χ1) is 9.27. The molecule has 98 valence electrons. The SMILES string of the molecule is CC(C1=CCCCC1)n1cnc2ncccc2c1=O. The maximum Gasteiger partial charge on any atom is 0.263 e. The number of pyridine rings is 1. The van der Waals surface area contributed by atoms with Crippen LogP contribution in [-0.2, 0) is 0 Å². The van der Waals surface area contributed by atoms with Gasteiger partial charge in [0.15, 0.2) is 5.65 Å². The Kier molecular flexibility index (Phi) is 3.15. The van der Waals surface area contributed by atoms with E-state index in [0.29, 0.717) is 11.0 Å². The minimum Gasteiger partial charge on any atom is -0.292 e. The van der Waals surface area contributed by atoms with Crippen molar-refractivity contribution in [3.05, 3.63) is 46.7 Å². The molecule has 2 aromatic heterocycles. The van der Waals surface area contributed by atoms with Crippen LogP contribution in [-0.4, -0.2) is 14.5 Å². The van der Waals surface area contributed by atoms with Crippen molar-refractivity contribution >= 4 is 11.0 Å². The summed E-state index contributed by atoms with van der Waals surface area (Å²) in [7, 11) is 0. The van der Waals surface area contributed by atoms with Gasteiger partial charge in [0.2, 0.25) is 0 Å². The lowest BCUT2D eigenvalue weighted by atomic mass is 9.94. The molecule has 0 saturated heterocycles. The molecule has 1 atom stereocenters. The third kappa shape index (κ3) is 2.18. The summed E-state index contributed by atoms with van der Waals surface area (Å²) in [6.45, 7) is 2.07. The van der Waals surface area contributed by atoms with Gasteiger partial charge in [-0.3, -0.25) is 9.36 Å². The van der Waals surface area contributed by atoms with Crippen molar-refractivity contribution < 1.29 is 0 Å². The van der Waals surface area contributed by atoms with E-state index in [1.165, 1.54) is 18.4 Å². The summed E-state index contributed by atoms with van der Waals surface area (Å²) in [6.07, 6.45) is 10.2. The molecule has 0 aliphatic heterocycles. The van der Waals surface area contributed by atoms with Gasteiger partial charge in [0.1, 0.15) is 6.33 Å². The van der Waals surface area contributed by atoms with Crippen molar-refractivity contribution in [3.8, 4) is 0 Å². The fraction of sp³-hybridized carbons (Fsp3) is 0.400. The molecule has 0 spiro atoms. The second-order valence-corrected chi connectivity index (χ2v) is 5.03. The lowest BCUT2D eigenvalue weighted by Crippen LogP contribution is -2.25. The van der Waals surface area contributed by atoms with Crippen LogP contribution in [0.2, 0.25) is 0 Å². The van der Waals surface area contributed by atoms with E-state index in [4.69, 9.17) is 0 Å². The van der Waals surface area contributed by atoms with Gasteiger partial charge in [-0.1, -0.05) is 11.6 Å². The normalized spacial score (nSPS) is 17.2. The molecular weight excluding hydrogens is 238 g/mol. The minimum atomic E-state index is -0.00271. The molecule has 1 unspecified atom stereocenters. The van der Waals surface area contributed by atoms with Gasteiger partial charge < -0.3 is 0 Å². The van der Waals surface area contributed by atoms with Crippen molar-refractivity contribution in [2.24, 2.45) is 0 Å². The lowest BCUT2D eigenvalue weighted by Gasteiger charge is -2.21. The zero-order valence-electron chi connectivity index (χ0n) is 11.0. The average molecular weight is 255 g/mol. The van der Waals surface area contributed by atoms with E-state index >= 15 is 0 Å². The molecule has 0 amide bonds. The number of fused-ring (bicyclic) bond motifs is 1. The Morgan fingerprint density at radius 1 is 1.32 bits per heavy atom. The maximum atomic E-state index is 12.5. The highest BCUT2D eigenvalue weighted by atomic mass is 16.1. The van der Waals surface area contributed by atoms with Crippen LogP contribution in [0.3, 0.4) is 0 Å². The standard InChI is InChI=1S/C15H17N3O/c1-11(12-6-3-2-4-7-12)18-10-17-14-13(15(18)19)8-5-9-16-14/h5-6,8-11H,2-4,7H2,1H3. The van der Waals surface area contributed by atoms with Crippen LogP contribution in [0.25, 0.3) is 11.0 Å². The van der Waals surface area contributed by atoms with Gasteiger partial charge in [-0.25, -0.2) is 9.97 Å². The predicted molar refractivity (Wildman–Crippen MR) is 75.1 cm³/mol. The van der Waals surface area contributed by atoms with Crippen molar-refractivity contribution in [2.45, 2.75) is 38.6 Å². The molecule has 4 heteroatoms. The number of hydrogen-bond donors (Lipinski definition) is 0. The first kappa shape index (κ1) is 12.1. The summed E-state index contributed by atoms with van der Waals surface area (Å²) in [6, 6.07) is 3.65. The molecule has 19 heavy (non-hydrogen) atoms. The topological polar surface area (TPSA) is 47.8 Å². The zero-order valence-corrected chi connectivity index (χ0v) is 11.0. The molecule has 2 aromatic rings. The highest BCUT2D eigenvalue weighted by molar-refractivity contribution is 5.72. The average Bonchev–Trinajstić information content (AvgIpc) is 2.48. The number of rotatable bonds is 2. The van der Waals surface area contributed by atoms with E-state index in [1.807, 2.05) is 0 Å². The highest BCUT2D eigenvalue weighted by Crippen LogP contribution is 2.26. The summed E-state index contributed by atoms with van der Waals surface area (Å²) >= 11 is 0. The number of allylic oxidation sites excluding steroid dienone is 2. The van der Waals surface area contributed by atoms with E-state index in [1.54, 1.807) is 29.2 Å². The summed E-state index contributed by atoms with van der Waals surface area (Å²) < 4.78 is 1.72. The fourth-order valence-corrected chi connectivity index (χ4v) is 2.67. The first-order valence-corrected chi connectivity index (χ1v) is 6.78. The molecule has 0 N–H and O–H groups in total. The largest absolute Gasteiger partial charge is 0.292 e. The quantitative estimate of drug-likeness (QED) is 0.775. The van der Waals surface area contributed by atoms with Gasteiger partial charge in [0.25, 0.3) is 5.56 Å². The monoisotopic (exact) mass is 255 g/mol. The molecule has 3 rings (SSSR count). The van der Waals surface area contributed by atoms with Gasteiger partial charge in [-0.05, 0) is 44.7 Å². The zero-order chi connectivity index (χ0) is 13.2. The van der Waals surface area contributed by atoms with Crippen LogP contribution in [0.15, 0.2) is 41.1 Å². The molecule has 0 fully saturated rings. The molecule has 0 bridgehead atoms. The van der Waals surface area contributed by atoms with Crippen molar-refractivity contribution in [1.29, 1.82) is 0 Å². The van der Waals surface area contributed by atoms with Gasteiger partial charge >= 0.3 is 0 Å². The first-order valence-electron chi connectivity index (χ1n) is 6.78. The van der Waals surface area contributed by atoms with Gasteiger partial charge in [0.05, 0.1) is 11.4 Å². The smallest absolute Gasteiger partial charge is 0.263 e. The van der Waals surface area contributed by atoms with Gasteiger partial charge in [-0.15, -0.1) is 0 Å². The molecule has 0 aromatic carbocycles. The van der Waals surface area contributed by atoms with Crippen LogP contribution in [0, 0.1) is 0 Å². The summed E-state index contributed by atoms with van der Waals surface area (Å²) in [5.41, 5.74) is 1.86. The molecule has 4 nitrogen and oxygen atoms in total. The number of aromatic nitrogens is 3. The van der Waals surface area contributed by atoms with Crippen molar-refractivity contribution in [2.75, 3.05) is 0 Å². The lowest BCUT2D eigenvalue weighted by molar-refractivity contribution is 0.544. The second kappa shape index (κ2) is 4.96. The summed E-state index contributed by atoms with van der Waals surface area (Å²) in [5, 5.41) is 0.591. The van der Waals surface area contributed by atoms with E-state index < -0.39 is 0 Å². The highest BCUT2D eigenvalue weighted by Gasteiger charge is 2.15. The van der Waals surface area contributed by atoms with Gasteiger partial charge in [0, 0.05) is 6.20 Å². The van der Waals surface area contributed by atoms with Crippen LogP contribution >= 0.6 is 0 Å². The Bertz CT molecular complexity index is 687. The number of hydrogen-bond acceptors (Lipinski definition) is 3. The summed E-state index contributed by atoms with van der Waals surface area (Å²) in [4.78, 5) is 20.9. The Morgan fingerprint density at radius 3 is 3.00 bits per heavy atom. The van der Waals surface area contributed by atoms with Crippen LogP contribution < -0.4 is 5.56 Å². The predicted octanol–water partition coefficient (Wildman–Crippen LogP) is 2.85. The fourth-order valence-electron chi connectivity index (χ4n) is 2.67. The van der Waals surface area contributed by atoms with Gasteiger partial charge in [-0.2, -0.15) is 0 Å². The second-order valence-electron chi connectivity index (χ2n) is 5.03. The van der Waals surface area contributed by atoms with E-state index in [9.17, 15) is 4.79 Å². The minimum absolute atomic E-state index is 0.00271. The van der Waals surface area contributed by atoms with Crippen LogP contribution in [0.4, 0.5) is 0 Å². The third-order valence-corrected chi connectivity index (χ3v) is 3.84. The van der Waals surface area contributed by atoms with E-state index in [-0.39, 0.29) is 11.6 Å². The van der Waals surface area contributed by atoms with Crippen molar-refractivity contribution in [3.63, 3.8) is 0 Å². The number of nitrogens with zero attached hydrogens (tertiary/aromatic N) is 3. The Labute approximate surface area is 111 Å². The van der Waals surface area contributed by atoms with Crippen LogP contribution in [0.5, 0.6) is 0 Å². The Balaban J connectivity index is 2.08. The van der Waals surface area contributed by atoms with Crippen LogP contribution in [0.1, 0.15) is 38.6 Å². The Morgan fingerprint density at radius 2 is 2.21 bits per heavy atom. The molecule has 0 saturated carbocycles. The molecular formula is C15H17N3O. The third-order valence-electron chi connectivity index (χ3n) is 3.84. The molecule has 1 aliphatic rings. The maximum absolute atomic E-state index is 12.5. The van der Waals surface area contributed by atoms with Crippen molar-refractivity contribution in [1.82, 2.24) is 14.5 Å².